The second-order valence-corrected chi connectivity index (χ2v) is 7.41. The SMILES string of the molecule is COC(=O)CCN1CC[C@@H](O)[C@H]1CS(=O)(=O)c1ccccc1. The van der Waals surface area contributed by atoms with Crippen molar-refractivity contribution in [3.05, 3.63) is 30.3 Å². The Hall–Kier alpha value is -1.44. The summed E-state index contributed by atoms with van der Waals surface area (Å²) in [7, 11) is -2.15. The smallest absolute Gasteiger partial charge is 0.306 e. The van der Waals surface area contributed by atoms with E-state index in [0.717, 1.165) is 0 Å². The first kappa shape index (κ1) is 16.9. The third-order valence-electron chi connectivity index (χ3n) is 3.95. The summed E-state index contributed by atoms with van der Waals surface area (Å²) in [5.74, 6) is -0.495. The molecule has 0 unspecified atom stereocenters. The number of esters is 1. The number of nitrogens with zero attached hydrogens (tertiary/aromatic N) is 1. The fourth-order valence-electron chi connectivity index (χ4n) is 2.68. The Morgan fingerprint density at radius 3 is 2.68 bits per heavy atom. The summed E-state index contributed by atoms with van der Waals surface area (Å²) in [6, 6.07) is 7.71. The third-order valence-corrected chi connectivity index (χ3v) is 5.72. The molecule has 0 bridgehead atoms. The molecule has 7 heteroatoms. The number of hydrogen-bond donors (Lipinski definition) is 1. The zero-order chi connectivity index (χ0) is 16.2. The molecule has 0 aliphatic carbocycles. The Bertz CT molecular complexity index is 602. The zero-order valence-electron chi connectivity index (χ0n) is 12.5. The predicted molar refractivity (Wildman–Crippen MR) is 81.1 cm³/mol. The average Bonchev–Trinajstić information content (AvgIpc) is 2.86. The number of ether oxygens (including phenoxy) is 1. The normalized spacial score (nSPS) is 22.6. The molecule has 1 saturated heterocycles. The number of rotatable bonds is 6. The molecule has 1 heterocycles. The van der Waals surface area contributed by atoms with Crippen molar-refractivity contribution in [2.45, 2.75) is 29.9 Å². The Morgan fingerprint density at radius 2 is 2.05 bits per heavy atom. The average molecular weight is 327 g/mol. The van der Waals surface area contributed by atoms with Crippen molar-refractivity contribution in [3.8, 4) is 0 Å². The number of sulfone groups is 1. The third kappa shape index (κ3) is 4.06. The lowest BCUT2D eigenvalue weighted by molar-refractivity contribution is -0.141. The minimum absolute atomic E-state index is 0.153. The molecule has 0 aromatic heterocycles. The van der Waals surface area contributed by atoms with Crippen LogP contribution in [0.2, 0.25) is 0 Å². The number of aliphatic hydroxyl groups excluding tert-OH is 1. The lowest BCUT2D eigenvalue weighted by Crippen LogP contribution is -2.41. The maximum absolute atomic E-state index is 12.4. The van der Waals surface area contributed by atoms with Gasteiger partial charge in [0.2, 0.25) is 0 Å². The van der Waals surface area contributed by atoms with Gasteiger partial charge in [0.1, 0.15) is 0 Å². The number of benzene rings is 1. The van der Waals surface area contributed by atoms with E-state index in [2.05, 4.69) is 4.74 Å². The Labute approximate surface area is 130 Å². The summed E-state index contributed by atoms with van der Waals surface area (Å²) in [6.45, 7) is 0.964. The summed E-state index contributed by atoms with van der Waals surface area (Å²) in [4.78, 5) is 13.3. The van der Waals surface area contributed by atoms with Crippen LogP contribution in [0.15, 0.2) is 35.2 Å². The van der Waals surface area contributed by atoms with Crippen molar-refractivity contribution >= 4 is 15.8 Å². The highest BCUT2D eigenvalue weighted by molar-refractivity contribution is 7.91. The van der Waals surface area contributed by atoms with Gasteiger partial charge in [0.05, 0.1) is 30.3 Å². The van der Waals surface area contributed by atoms with Gasteiger partial charge in [-0.1, -0.05) is 18.2 Å². The maximum Gasteiger partial charge on any atom is 0.306 e. The van der Waals surface area contributed by atoms with Crippen LogP contribution in [-0.2, 0) is 19.4 Å². The molecule has 2 atom stereocenters. The molecule has 22 heavy (non-hydrogen) atoms. The maximum atomic E-state index is 12.4. The second kappa shape index (κ2) is 7.21. The first-order chi connectivity index (χ1) is 10.4. The molecule has 1 aromatic carbocycles. The van der Waals surface area contributed by atoms with Gasteiger partial charge >= 0.3 is 5.97 Å². The summed E-state index contributed by atoms with van der Waals surface area (Å²) in [5, 5.41) is 10.1. The van der Waals surface area contributed by atoms with Crippen molar-refractivity contribution < 1.29 is 23.1 Å². The number of hydrogen-bond acceptors (Lipinski definition) is 6. The largest absolute Gasteiger partial charge is 0.469 e. The lowest BCUT2D eigenvalue weighted by Gasteiger charge is -2.25. The standard InChI is InChI=1S/C15H21NO5S/c1-21-15(18)8-10-16-9-7-14(17)13(16)11-22(19,20)12-5-3-2-4-6-12/h2-6,13-14,17H,7-11H2,1H3/t13-,14-/m1/s1. The van der Waals surface area contributed by atoms with E-state index in [9.17, 15) is 18.3 Å². The highest BCUT2D eigenvalue weighted by Gasteiger charge is 2.36. The van der Waals surface area contributed by atoms with Crippen molar-refractivity contribution in [1.82, 2.24) is 4.90 Å². The molecule has 0 saturated carbocycles. The van der Waals surface area contributed by atoms with E-state index in [-0.39, 0.29) is 23.0 Å². The van der Waals surface area contributed by atoms with Crippen LogP contribution in [0.25, 0.3) is 0 Å². The summed E-state index contributed by atoms with van der Waals surface area (Å²) >= 11 is 0. The minimum Gasteiger partial charge on any atom is -0.469 e. The molecule has 1 aliphatic heterocycles. The van der Waals surface area contributed by atoms with E-state index in [1.165, 1.54) is 7.11 Å². The number of carbonyl (C=O) groups excluding carboxylic acids is 1. The summed E-state index contributed by atoms with van der Waals surface area (Å²) in [5.41, 5.74) is 0. The van der Waals surface area contributed by atoms with Crippen LogP contribution in [0.5, 0.6) is 0 Å². The van der Waals surface area contributed by atoms with E-state index in [1.54, 1.807) is 30.3 Å². The van der Waals surface area contributed by atoms with E-state index in [4.69, 9.17) is 0 Å². The summed E-state index contributed by atoms with van der Waals surface area (Å²) < 4.78 is 29.5. The van der Waals surface area contributed by atoms with E-state index >= 15 is 0 Å². The fourth-order valence-corrected chi connectivity index (χ4v) is 4.33. The highest BCUT2D eigenvalue weighted by atomic mass is 32.2. The van der Waals surface area contributed by atoms with Crippen LogP contribution in [-0.4, -0.2) is 62.5 Å². The molecule has 122 valence electrons. The monoisotopic (exact) mass is 327 g/mol. The van der Waals surface area contributed by atoms with E-state index in [1.807, 2.05) is 4.90 Å². The van der Waals surface area contributed by atoms with Gasteiger partial charge in [0.15, 0.2) is 9.84 Å². The van der Waals surface area contributed by atoms with Crippen molar-refractivity contribution in [1.29, 1.82) is 0 Å². The van der Waals surface area contributed by atoms with Crippen molar-refractivity contribution in [2.75, 3.05) is 26.0 Å². The van der Waals surface area contributed by atoms with Gasteiger partial charge in [-0.15, -0.1) is 0 Å². The molecule has 6 nitrogen and oxygen atoms in total. The molecule has 2 rings (SSSR count). The number of aliphatic hydroxyl groups is 1. The van der Waals surface area contributed by atoms with Crippen LogP contribution in [0.4, 0.5) is 0 Å². The first-order valence-electron chi connectivity index (χ1n) is 7.21. The number of carbonyl (C=O) groups is 1. The number of methoxy groups -OCH3 is 1. The molecular weight excluding hydrogens is 306 g/mol. The van der Waals surface area contributed by atoms with E-state index in [0.29, 0.717) is 19.5 Å². The predicted octanol–water partition coefficient (Wildman–Crippen LogP) is 0.459. The Balaban J connectivity index is 2.07. The second-order valence-electron chi connectivity index (χ2n) is 5.38. The van der Waals surface area contributed by atoms with Gasteiger partial charge in [0, 0.05) is 19.1 Å². The van der Waals surface area contributed by atoms with Crippen LogP contribution in [0.1, 0.15) is 12.8 Å². The van der Waals surface area contributed by atoms with Crippen LogP contribution in [0, 0.1) is 0 Å². The van der Waals surface area contributed by atoms with E-state index < -0.39 is 22.0 Å². The quantitative estimate of drug-likeness (QED) is 0.764. The van der Waals surface area contributed by atoms with Crippen LogP contribution < -0.4 is 0 Å². The Kier molecular flexibility index (Phi) is 5.55. The van der Waals surface area contributed by atoms with Crippen molar-refractivity contribution in [3.63, 3.8) is 0 Å². The van der Waals surface area contributed by atoms with Gasteiger partial charge < -0.3 is 9.84 Å². The van der Waals surface area contributed by atoms with Crippen LogP contribution in [0.3, 0.4) is 0 Å². The molecule has 0 spiro atoms. The van der Waals surface area contributed by atoms with Gasteiger partial charge in [-0.3, -0.25) is 9.69 Å². The number of likely N-dealkylation sites (tertiary alicyclic amines) is 1. The van der Waals surface area contributed by atoms with Crippen LogP contribution >= 0.6 is 0 Å². The minimum atomic E-state index is -3.47. The highest BCUT2D eigenvalue weighted by Crippen LogP contribution is 2.22. The molecule has 1 N–H and O–H groups in total. The topological polar surface area (TPSA) is 83.9 Å². The van der Waals surface area contributed by atoms with Gasteiger partial charge in [0.25, 0.3) is 0 Å². The summed E-state index contributed by atoms with van der Waals surface area (Å²) in [6.07, 6.45) is -0.00234. The molecule has 1 aromatic rings. The molecule has 0 amide bonds. The van der Waals surface area contributed by atoms with Gasteiger partial charge in [-0.05, 0) is 18.6 Å². The molecular formula is C15H21NO5S. The molecule has 0 radical (unpaired) electrons. The zero-order valence-corrected chi connectivity index (χ0v) is 13.3. The van der Waals surface area contributed by atoms with Gasteiger partial charge in [-0.25, -0.2) is 8.42 Å². The molecule has 1 fully saturated rings. The Morgan fingerprint density at radius 1 is 1.36 bits per heavy atom. The fraction of sp³-hybridized carbons (Fsp3) is 0.533. The first-order valence-corrected chi connectivity index (χ1v) is 8.86. The van der Waals surface area contributed by atoms with Gasteiger partial charge in [-0.2, -0.15) is 0 Å². The lowest BCUT2D eigenvalue weighted by atomic mass is 10.2. The van der Waals surface area contributed by atoms with Crippen molar-refractivity contribution in [2.24, 2.45) is 0 Å². The molecule has 1 aliphatic rings.